The van der Waals surface area contributed by atoms with Crippen LogP contribution in [0.15, 0.2) is 94.8 Å². The molecule has 3 aromatic rings. The Labute approximate surface area is 161 Å². The van der Waals surface area contributed by atoms with Crippen molar-refractivity contribution >= 4 is 33.9 Å². The Hall–Kier alpha value is -3.93. The molecule has 1 atom stereocenters. The molecule has 0 saturated carbocycles. The number of rotatable bonds is 3. The number of benzene rings is 2. The lowest BCUT2D eigenvalue weighted by atomic mass is 9.89. The normalized spacial score (nSPS) is 17.9. The average molecular weight is 365 g/mol. The zero-order valence-electron chi connectivity index (χ0n) is 14.8. The van der Waals surface area contributed by atoms with E-state index in [2.05, 4.69) is 25.7 Å². The molecule has 0 bridgehead atoms. The first-order chi connectivity index (χ1) is 13.8. The third-order valence-electron chi connectivity index (χ3n) is 4.81. The number of fused-ring (bicyclic) bond motifs is 2. The summed E-state index contributed by atoms with van der Waals surface area (Å²) in [6, 6.07) is 15.8. The molecule has 2 heterocycles. The molecule has 1 unspecified atom stereocenters. The molecule has 0 spiro atoms. The van der Waals surface area contributed by atoms with E-state index in [1.807, 2.05) is 72.8 Å². The molecule has 0 fully saturated rings. The van der Waals surface area contributed by atoms with Crippen molar-refractivity contribution in [2.24, 2.45) is 16.1 Å². The van der Waals surface area contributed by atoms with Crippen molar-refractivity contribution in [3.63, 3.8) is 0 Å². The van der Waals surface area contributed by atoms with Crippen molar-refractivity contribution in [1.82, 2.24) is 10.2 Å². The number of allylic oxidation sites excluding steroid dienone is 3. The van der Waals surface area contributed by atoms with E-state index in [9.17, 15) is 4.79 Å². The van der Waals surface area contributed by atoms with Crippen LogP contribution in [0.2, 0.25) is 0 Å². The molecular formula is C22H15N5O. The maximum Gasteiger partial charge on any atom is 0.276 e. The van der Waals surface area contributed by atoms with Gasteiger partial charge in [-0.25, -0.2) is 0 Å². The average Bonchev–Trinajstić information content (AvgIpc) is 2.75. The van der Waals surface area contributed by atoms with Gasteiger partial charge in [0.25, 0.3) is 5.91 Å². The predicted molar refractivity (Wildman–Crippen MR) is 108 cm³/mol. The van der Waals surface area contributed by atoms with Crippen LogP contribution < -0.4 is 5.32 Å². The lowest BCUT2D eigenvalue weighted by Gasteiger charge is -2.19. The fraction of sp³-hybridized carbons (Fsp3) is 0.0455. The fourth-order valence-corrected chi connectivity index (χ4v) is 3.40. The number of aromatic nitrogens is 2. The Morgan fingerprint density at radius 3 is 2.68 bits per heavy atom. The van der Waals surface area contributed by atoms with Crippen LogP contribution in [-0.2, 0) is 4.79 Å². The molecule has 2 aromatic carbocycles. The number of hydrogen-bond donors (Lipinski definition) is 1. The summed E-state index contributed by atoms with van der Waals surface area (Å²) in [4.78, 5) is 12.0. The summed E-state index contributed by atoms with van der Waals surface area (Å²) in [5.74, 6) is 0.129. The number of carbonyl (C=O) groups excluding carboxylic acids is 1. The summed E-state index contributed by atoms with van der Waals surface area (Å²) in [6.07, 6.45) is 9.30. The molecule has 1 aliphatic heterocycles. The van der Waals surface area contributed by atoms with Gasteiger partial charge in [0.15, 0.2) is 5.82 Å². The van der Waals surface area contributed by atoms with Crippen LogP contribution in [0, 0.1) is 5.92 Å². The van der Waals surface area contributed by atoms with Crippen LogP contribution in [0.3, 0.4) is 0 Å². The van der Waals surface area contributed by atoms with Crippen LogP contribution in [0.5, 0.6) is 0 Å². The smallest absolute Gasteiger partial charge is 0.276 e. The molecule has 6 heteroatoms. The zero-order chi connectivity index (χ0) is 18.9. The molecule has 1 N–H and O–H groups in total. The first-order valence-corrected chi connectivity index (χ1v) is 8.92. The van der Waals surface area contributed by atoms with Gasteiger partial charge in [0.2, 0.25) is 0 Å². The largest absolute Gasteiger partial charge is 0.338 e. The SMILES string of the molecule is O=C1N=NC(c2ccc(Nc3nncc4ccccc34)cc2)=C2C=CC=CC12. The number of nitrogens with zero attached hydrogens (tertiary/aromatic N) is 4. The molecule has 28 heavy (non-hydrogen) atoms. The summed E-state index contributed by atoms with van der Waals surface area (Å²) in [7, 11) is 0. The van der Waals surface area contributed by atoms with Gasteiger partial charge < -0.3 is 5.32 Å². The van der Waals surface area contributed by atoms with E-state index in [-0.39, 0.29) is 11.8 Å². The standard InChI is InChI=1S/C22H15N5O/c28-22-19-8-4-3-7-18(19)20(25-27-22)14-9-11-16(12-10-14)24-21-17-6-2-1-5-15(17)13-23-26-21/h1-13,19H,(H,24,26). The Bertz CT molecular complexity index is 1200. The van der Waals surface area contributed by atoms with E-state index in [4.69, 9.17) is 0 Å². The van der Waals surface area contributed by atoms with Crippen molar-refractivity contribution < 1.29 is 4.79 Å². The van der Waals surface area contributed by atoms with Gasteiger partial charge in [-0.15, -0.1) is 15.3 Å². The minimum atomic E-state index is -0.346. The lowest BCUT2D eigenvalue weighted by molar-refractivity contribution is -0.119. The molecule has 1 aliphatic carbocycles. The van der Waals surface area contributed by atoms with E-state index in [0.29, 0.717) is 5.82 Å². The second-order valence-electron chi connectivity index (χ2n) is 6.55. The van der Waals surface area contributed by atoms with Crippen molar-refractivity contribution in [3.8, 4) is 0 Å². The Kier molecular flexibility index (Phi) is 3.87. The highest BCUT2D eigenvalue weighted by atomic mass is 16.2. The molecule has 2 aliphatic rings. The number of anilines is 2. The van der Waals surface area contributed by atoms with E-state index in [1.54, 1.807) is 6.20 Å². The maximum absolute atomic E-state index is 12.0. The molecule has 5 rings (SSSR count). The van der Waals surface area contributed by atoms with Gasteiger partial charge >= 0.3 is 0 Å². The molecule has 0 radical (unpaired) electrons. The Morgan fingerprint density at radius 2 is 1.79 bits per heavy atom. The van der Waals surface area contributed by atoms with Crippen LogP contribution in [-0.4, -0.2) is 16.1 Å². The van der Waals surface area contributed by atoms with Crippen molar-refractivity contribution in [2.45, 2.75) is 0 Å². The monoisotopic (exact) mass is 365 g/mol. The number of carbonyl (C=O) groups is 1. The van der Waals surface area contributed by atoms with Crippen LogP contribution in [0.25, 0.3) is 16.5 Å². The van der Waals surface area contributed by atoms with Gasteiger partial charge in [-0.3, -0.25) is 4.79 Å². The van der Waals surface area contributed by atoms with E-state index >= 15 is 0 Å². The summed E-state index contributed by atoms with van der Waals surface area (Å²) in [5.41, 5.74) is 3.40. The Balaban J connectivity index is 1.47. The predicted octanol–water partition coefficient (Wildman–Crippen LogP) is 4.82. The van der Waals surface area contributed by atoms with E-state index in [0.717, 1.165) is 33.3 Å². The van der Waals surface area contributed by atoms with Crippen LogP contribution in [0.1, 0.15) is 5.56 Å². The molecule has 6 nitrogen and oxygen atoms in total. The molecular weight excluding hydrogens is 350 g/mol. The number of nitrogens with one attached hydrogen (secondary N) is 1. The maximum atomic E-state index is 12.0. The van der Waals surface area contributed by atoms with E-state index in [1.165, 1.54) is 0 Å². The summed E-state index contributed by atoms with van der Waals surface area (Å²) in [5, 5.41) is 21.6. The minimum absolute atomic E-state index is 0.229. The number of hydrogen-bond acceptors (Lipinski definition) is 5. The highest BCUT2D eigenvalue weighted by molar-refractivity contribution is 5.93. The number of amides is 1. The highest BCUT2D eigenvalue weighted by Crippen LogP contribution is 2.34. The van der Waals surface area contributed by atoms with Crippen molar-refractivity contribution in [2.75, 3.05) is 5.32 Å². The molecule has 1 amide bonds. The van der Waals surface area contributed by atoms with Gasteiger partial charge in [0.1, 0.15) is 0 Å². The summed E-state index contributed by atoms with van der Waals surface area (Å²) >= 11 is 0. The van der Waals surface area contributed by atoms with Gasteiger partial charge in [-0.1, -0.05) is 60.7 Å². The lowest BCUT2D eigenvalue weighted by Crippen LogP contribution is -2.17. The molecule has 1 aromatic heterocycles. The Morgan fingerprint density at radius 1 is 0.929 bits per heavy atom. The zero-order valence-corrected chi connectivity index (χ0v) is 14.8. The van der Waals surface area contributed by atoms with Crippen molar-refractivity contribution in [3.05, 3.63) is 90.2 Å². The third kappa shape index (κ3) is 2.81. The summed E-state index contributed by atoms with van der Waals surface area (Å²) < 4.78 is 0. The second kappa shape index (κ2) is 6.66. The van der Waals surface area contributed by atoms with Gasteiger partial charge in [0, 0.05) is 22.0 Å². The van der Waals surface area contributed by atoms with Gasteiger partial charge in [0.05, 0.1) is 17.8 Å². The van der Waals surface area contributed by atoms with Gasteiger partial charge in [-0.2, -0.15) is 5.10 Å². The second-order valence-corrected chi connectivity index (χ2v) is 6.55. The minimum Gasteiger partial charge on any atom is -0.338 e. The highest BCUT2D eigenvalue weighted by Gasteiger charge is 2.27. The van der Waals surface area contributed by atoms with Crippen LogP contribution >= 0.6 is 0 Å². The molecule has 134 valence electrons. The fourth-order valence-electron chi connectivity index (χ4n) is 3.40. The third-order valence-corrected chi connectivity index (χ3v) is 4.81. The first-order valence-electron chi connectivity index (χ1n) is 8.92. The van der Waals surface area contributed by atoms with Crippen LogP contribution in [0.4, 0.5) is 11.5 Å². The topological polar surface area (TPSA) is 79.6 Å². The first kappa shape index (κ1) is 16.3. The summed E-state index contributed by atoms with van der Waals surface area (Å²) in [6.45, 7) is 0. The van der Waals surface area contributed by atoms with Crippen molar-refractivity contribution in [1.29, 1.82) is 0 Å². The number of azo groups is 1. The van der Waals surface area contributed by atoms with Gasteiger partial charge in [-0.05, 0) is 17.7 Å². The molecule has 0 saturated heterocycles. The van der Waals surface area contributed by atoms with E-state index < -0.39 is 0 Å². The quantitative estimate of drug-likeness (QED) is 0.722.